The van der Waals surface area contributed by atoms with Crippen LogP contribution in [0, 0.1) is 11.8 Å². The smallest absolute Gasteiger partial charge is 0.307 e. The molecule has 1 fully saturated rings. The van der Waals surface area contributed by atoms with Crippen molar-refractivity contribution in [3.63, 3.8) is 0 Å². The zero-order valence-corrected chi connectivity index (χ0v) is 9.22. The predicted molar refractivity (Wildman–Crippen MR) is 53.4 cm³/mol. The molecule has 0 aromatic heterocycles. The fraction of sp³-hybridized carbons (Fsp3) is 0.600. The molecule has 1 aliphatic rings. The summed E-state index contributed by atoms with van der Waals surface area (Å²) in [6.07, 6.45) is -2.29. The summed E-state index contributed by atoms with van der Waals surface area (Å²) in [5.41, 5.74) is 0. The Kier molecular flexibility index (Phi) is 4.64. The van der Waals surface area contributed by atoms with E-state index >= 15 is 0 Å². The largest absolute Gasteiger partial charge is 0.481 e. The Balaban J connectivity index is 2.90. The Bertz CT molecular complexity index is 318. The van der Waals surface area contributed by atoms with Gasteiger partial charge in [0.05, 0.1) is 11.8 Å². The van der Waals surface area contributed by atoms with Gasteiger partial charge in [-0.1, -0.05) is 0 Å². The normalized spacial score (nSPS) is 31.1. The average Bonchev–Trinajstić information content (AvgIpc) is 2.30. The highest BCUT2D eigenvalue weighted by Gasteiger charge is 2.46. The summed E-state index contributed by atoms with van der Waals surface area (Å²) in [6, 6.07) is 0. The molecular weight excluding hydrogens is 248 g/mol. The number of hydrogen-bond acceptors (Lipinski definition) is 6. The Morgan fingerprint density at radius 1 is 0.889 bits per heavy atom. The molecule has 1 saturated carbocycles. The maximum atomic E-state index is 11.0. The third kappa shape index (κ3) is 2.96. The van der Waals surface area contributed by atoms with Gasteiger partial charge in [-0.2, -0.15) is 0 Å². The van der Waals surface area contributed by atoms with E-state index in [9.17, 15) is 19.2 Å². The molecule has 0 spiro atoms. The fourth-order valence-corrected chi connectivity index (χ4v) is 2.11. The monoisotopic (exact) mass is 260 g/mol. The van der Waals surface area contributed by atoms with Gasteiger partial charge in [-0.3, -0.25) is 19.2 Å². The van der Waals surface area contributed by atoms with E-state index in [1.165, 1.54) is 0 Å². The van der Waals surface area contributed by atoms with Gasteiger partial charge >= 0.3 is 11.9 Å². The standard InChI is InChI=1S/C10H12O8/c11-3-17-7-1-5(9(13)14)6(10(15)16)2-8(7)18-4-12/h3-8H,1-2H2,(H,13,14)(H,15,16). The molecule has 0 saturated heterocycles. The number of aliphatic carboxylic acids is 2. The zero-order valence-electron chi connectivity index (χ0n) is 9.22. The minimum Gasteiger partial charge on any atom is -0.481 e. The van der Waals surface area contributed by atoms with E-state index in [1.54, 1.807) is 0 Å². The van der Waals surface area contributed by atoms with Crippen molar-refractivity contribution in [2.45, 2.75) is 25.0 Å². The maximum Gasteiger partial charge on any atom is 0.307 e. The van der Waals surface area contributed by atoms with Gasteiger partial charge in [-0.15, -0.1) is 0 Å². The van der Waals surface area contributed by atoms with E-state index in [0.717, 1.165) is 0 Å². The molecule has 1 aliphatic carbocycles. The lowest BCUT2D eigenvalue weighted by molar-refractivity contribution is -0.173. The SMILES string of the molecule is O=COC1CC(C(=O)O)C(C(=O)O)CC1OC=O. The molecule has 4 unspecified atom stereocenters. The Hall–Kier alpha value is -2.12. The molecule has 18 heavy (non-hydrogen) atoms. The van der Waals surface area contributed by atoms with Crippen LogP contribution in [0.5, 0.6) is 0 Å². The van der Waals surface area contributed by atoms with Crippen molar-refractivity contribution in [1.29, 1.82) is 0 Å². The molecule has 8 nitrogen and oxygen atoms in total. The minimum atomic E-state index is -1.29. The van der Waals surface area contributed by atoms with Crippen LogP contribution in [0.1, 0.15) is 12.8 Å². The number of rotatable bonds is 6. The minimum absolute atomic E-state index is 0.117. The van der Waals surface area contributed by atoms with Crippen LogP contribution in [0.25, 0.3) is 0 Å². The molecule has 0 aromatic carbocycles. The highest BCUT2D eigenvalue weighted by Crippen LogP contribution is 2.33. The number of ether oxygens (including phenoxy) is 2. The third-order valence-electron chi connectivity index (χ3n) is 2.97. The molecule has 0 amide bonds. The van der Waals surface area contributed by atoms with Gasteiger partial charge in [0.2, 0.25) is 0 Å². The summed E-state index contributed by atoms with van der Waals surface area (Å²) in [5, 5.41) is 17.9. The van der Waals surface area contributed by atoms with E-state index < -0.39 is 36.0 Å². The van der Waals surface area contributed by atoms with Gasteiger partial charge in [0.1, 0.15) is 12.2 Å². The Labute approximate surface area is 101 Å². The first-order valence-corrected chi connectivity index (χ1v) is 5.15. The quantitative estimate of drug-likeness (QED) is 0.598. The van der Waals surface area contributed by atoms with Crippen molar-refractivity contribution in [2.75, 3.05) is 0 Å². The van der Waals surface area contributed by atoms with Crippen LogP contribution >= 0.6 is 0 Å². The van der Waals surface area contributed by atoms with Gasteiger partial charge in [-0.25, -0.2) is 0 Å². The van der Waals surface area contributed by atoms with Gasteiger partial charge in [0, 0.05) is 12.8 Å². The highest BCUT2D eigenvalue weighted by molar-refractivity contribution is 5.80. The first kappa shape index (κ1) is 13.9. The van der Waals surface area contributed by atoms with E-state index in [-0.39, 0.29) is 25.8 Å². The first-order chi connectivity index (χ1) is 8.51. The number of carbonyl (C=O) groups excluding carboxylic acids is 2. The molecule has 4 atom stereocenters. The van der Waals surface area contributed by atoms with Crippen LogP contribution in [0.2, 0.25) is 0 Å². The second-order valence-corrected chi connectivity index (χ2v) is 3.90. The summed E-state index contributed by atoms with van der Waals surface area (Å²) in [7, 11) is 0. The molecule has 1 rings (SSSR count). The molecule has 0 aromatic rings. The Morgan fingerprint density at radius 2 is 1.22 bits per heavy atom. The highest BCUT2D eigenvalue weighted by atomic mass is 16.6. The molecule has 2 N–H and O–H groups in total. The van der Waals surface area contributed by atoms with Crippen molar-refractivity contribution in [1.82, 2.24) is 0 Å². The lowest BCUT2D eigenvalue weighted by atomic mass is 9.76. The fourth-order valence-electron chi connectivity index (χ4n) is 2.11. The van der Waals surface area contributed by atoms with Crippen molar-refractivity contribution in [2.24, 2.45) is 11.8 Å². The number of hydrogen-bond donors (Lipinski definition) is 2. The van der Waals surface area contributed by atoms with Crippen LogP contribution in [0.3, 0.4) is 0 Å². The lowest BCUT2D eigenvalue weighted by Crippen LogP contribution is -2.46. The second-order valence-electron chi connectivity index (χ2n) is 3.90. The summed E-state index contributed by atoms with van der Waals surface area (Å²) in [6.45, 7) is 0.234. The summed E-state index contributed by atoms with van der Waals surface area (Å²) in [4.78, 5) is 42.5. The summed E-state index contributed by atoms with van der Waals surface area (Å²) in [5.74, 6) is -4.93. The van der Waals surface area contributed by atoms with E-state index in [0.29, 0.717) is 0 Å². The van der Waals surface area contributed by atoms with Crippen LogP contribution in [0.4, 0.5) is 0 Å². The Morgan fingerprint density at radius 3 is 1.44 bits per heavy atom. The predicted octanol–water partition coefficient (Wildman–Crippen LogP) is -0.735. The van der Waals surface area contributed by atoms with Crippen LogP contribution in [-0.2, 0) is 28.7 Å². The van der Waals surface area contributed by atoms with E-state index in [1.807, 2.05) is 0 Å². The molecule has 0 radical (unpaired) electrons. The molecule has 0 bridgehead atoms. The number of carbonyl (C=O) groups is 4. The average molecular weight is 260 g/mol. The number of carboxylic acids is 2. The summed E-state index contributed by atoms with van der Waals surface area (Å²) < 4.78 is 9.27. The number of carboxylic acid groups (broad SMARTS) is 2. The zero-order chi connectivity index (χ0) is 13.7. The van der Waals surface area contributed by atoms with Crippen LogP contribution in [-0.4, -0.2) is 47.3 Å². The van der Waals surface area contributed by atoms with Crippen molar-refractivity contribution in [3.8, 4) is 0 Å². The first-order valence-electron chi connectivity index (χ1n) is 5.15. The van der Waals surface area contributed by atoms with Crippen molar-refractivity contribution < 1.29 is 38.9 Å². The molecule has 8 heteroatoms. The maximum absolute atomic E-state index is 11.0. The van der Waals surface area contributed by atoms with Gasteiger partial charge < -0.3 is 19.7 Å². The van der Waals surface area contributed by atoms with E-state index in [2.05, 4.69) is 9.47 Å². The van der Waals surface area contributed by atoms with E-state index in [4.69, 9.17) is 10.2 Å². The second kappa shape index (κ2) is 5.99. The van der Waals surface area contributed by atoms with Crippen molar-refractivity contribution in [3.05, 3.63) is 0 Å². The third-order valence-corrected chi connectivity index (χ3v) is 2.97. The molecule has 0 heterocycles. The molecule has 100 valence electrons. The van der Waals surface area contributed by atoms with Crippen molar-refractivity contribution >= 4 is 24.9 Å². The van der Waals surface area contributed by atoms with Gasteiger partial charge in [0.25, 0.3) is 12.9 Å². The van der Waals surface area contributed by atoms with Crippen LogP contribution < -0.4 is 0 Å². The molecule has 0 aliphatic heterocycles. The van der Waals surface area contributed by atoms with Gasteiger partial charge in [0.15, 0.2) is 0 Å². The van der Waals surface area contributed by atoms with Gasteiger partial charge in [-0.05, 0) is 0 Å². The lowest BCUT2D eigenvalue weighted by Gasteiger charge is -2.35. The van der Waals surface area contributed by atoms with Crippen LogP contribution in [0.15, 0.2) is 0 Å². The summed E-state index contributed by atoms with van der Waals surface area (Å²) >= 11 is 0. The topological polar surface area (TPSA) is 127 Å². The molecular formula is C10H12O8.